The molecule has 1 amide bonds. The number of carbonyl (C=O) groups is 1. The van der Waals surface area contributed by atoms with Gasteiger partial charge in [0.15, 0.2) is 6.61 Å². The Kier molecular flexibility index (Phi) is 5.74. The van der Waals surface area contributed by atoms with Gasteiger partial charge in [0.05, 0.1) is 11.0 Å². The maximum atomic E-state index is 12.3. The van der Waals surface area contributed by atoms with Crippen LogP contribution in [0.5, 0.6) is 5.75 Å². The zero-order valence-corrected chi connectivity index (χ0v) is 15.4. The molecule has 1 heterocycles. The molecule has 28 heavy (non-hydrogen) atoms. The second-order valence-corrected chi connectivity index (χ2v) is 6.31. The molecule has 0 fully saturated rings. The Morgan fingerprint density at radius 2 is 2.11 bits per heavy atom. The summed E-state index contributed by atoms with van der Waals surface area (Å²) in [5.41, 5.74) is 1.32. The van der Waals surface area contributed by atoms with Gasteiger partial charge in [0, 0.05) is 23.1 Å². The van der Waals surface area contributed by atoms with Crippen LogP contribution < -0.4 is 10.1 Å². The zero-order chi connectivity index (χ0) is 20.1. The number of hydrogen-bond donors (Lipinski definition) is 1. The van der Waals surface area contributed by atoms with Gasteiger partial charge in [0.1, 0.15) is 17.1 Å². The number of hydrogen-bond acceptors (Lipinski definition) is 5. The van der Waals surface area contributed by atoms with Gasteiger partial charge in [0.25, 0.3) is 11.6 Å². The summed E-state index contributed by atoms with van der Waals surface area (Å²) in [6.45, 7) is 5.25. The third-order valence-electron chi connectivity index (χ3n) is 4.23. The van der Waals surface area contributed by atoms with Crippen molar-refractivity contribution in [1.29, 1.82) is 0 Å². The average molecular weight is 380 g/mol. The molecule has 3 rings (SSSR count). The highest BCUT2D eigenvalue weighted by Gasteiger charge is 2.16. The molecular weight excluding hydrogens is 360 g/mol. The van der Waals surface area contributed by atoms with E-state index in [1.54, 1.807) is 6.08 Å². The molecular formula is C21H20N2O5. The van der Waals surface area contributed by atoms with Crippen molar-refractivity contribution in [3.8, 4) is 5.75 Å². The second-order valence-electron chi connectivity index (χ2n) is 6.31. The Morgan fingerprint density at radius 1 is 1.32 bits per heavy atom. The van der Waals surface area contributed by atoms with Gasteiger partial charge in [-0.15, -0.1) is 6.58 Å². The minimum absolute atomic E-state index is 0.0350. The van der Waals surface area contributed by atoms with Crippen LogP contribution in [0, 0.1) is 10.1 Å². The molecule has 0 unspecified atom stereocenters. The fraction of sp³-hybridized carbons (Fsp3) is 0.190. The lowest BCUT2D eigenvalue weighted by Gasteiger charge is -2.13. The zero-order valence-electron chi connectivity index (χ0n) is 15.4. The van der Waals surface area contributed by atoms with E-state index in [1.807, 2.05) is 37.3 Å². The summed E-state index contributed by atoms with van der Waals surface area (Å²) in [4.78, 5) is 22.7. The van der Waals surface area contributed by atoms with Crippen molar-refractivity contribution in [2.24, 2.45) is 0 Å². The minimum Gasteiger partial charge on any atom is -0.483 e. The van der Waals surface area contributed by atoms with Crippen molar-refractivity contribution in [2.75, 3.05) is 6.61 Å². The van der Waals surface area contributed by atoms with E-state index in [2.05, 4.69) is 11.9 Å². The normalized spacial score (nSPS) is 11.8. The first kappa shape index (κ1) is 19.2. The molecule has 1 aromatic heterocycles. The van der Waals surface area contributed by atoms with E-state index in [0.717, 1.165) is 11.0 Å². The molecule has 1 N–H and O–H groups in total. The molecule has 0 bridgehead atoms. The number of nitrogens with zero attached hydrogens (tertiary/aromatic N) is 1. The highest BCUT2D eigenvalue weighted by atomic mass is 16.6. The number of allylic oxidation sites excluding steroid dienone is 1. The molecule has 7 heteroatoms. The largest absolute Gasteiger partial charge is 0.483 e. The van der Waals surface area contributed by atoms with Crippen molar-refractivity contribution in [3.05, 3.63) is 82.6 Å². The maximum absolute atomic E-state index is 12.3. The highest BCUT2D eigenvalue weighted by molar-refractivity contribution is 5.79. The standard InChI is InChI=1S/C21H20N2O5/c1-3-6-15-11-17(23(25)26)9-10-18(15)27-13-21(24)22-14(2)20-12-16-7-4-5-8-19(16)28-20/h3-5,7-12,14H,1,6,13H2,2H3,(H,22,24)/t14-/m1/s1. The molecule has 0 aliphatic carbocycles. The van der Waals surface area contributed by atoms with E-state index in [0.29, 0.717) is 23.5 Å². The van der Waals surface area contributed by atoms with Crippen molar-refractivity contribution in [2.45, 2.75) is 19.4 Å². The highest BCUT2D eigenvalue weighted by Crippen LogP contribution is 2.26. The summed E-state index contributed by atoms with van der Waals surface area (Å²) in [6.07, 6.45) is 2.02. The van der Waals surface area contributed by atoms with Gasteiger partial charge in [-0.05, 0) is 31.5 Å². The first-order valence-corrected chi connectivity index (χ1v) is 8.76. The van der Waals surface area contributed by atoms with Crippen molar-refractivity contribution < 1.29 is 18.9 Å². The summed E-state index contributed by atoms with van der Waals surface area (Å²) >= 11 is 0. The van der Waals surface area contributed by atoms with Gasteiger partial charge in [-0.2, -0.15) is 0 Å². The quantitative estimate of drug-likeness (QED) is 0.357. The predicted octanol–water partition coefficient (Wildman–Crippen LogP) is 4.33. The van der Waals surface area contributed by atoms with E-state index in [1.165, 1.54) is 18.2 Å². The van der Waals surface area contributed by atoms with E-state index < -0.39 is 4.92 Å². The van der Waals surface area contributed by atoms with Crippen LogP contribution in [0.1, 0.15) is 24.3 Å². The number of rotatable bonds is 8. The molecule has 144 valence electrons. The molecule has 0 spiro atoms. The lowest BCUT2D eigenvalue weighted by atomic mass is 10.1. The van der Waals surface area contributed by atoms with Crippen molar-refractivity contribution in [3.63, 3.8) is 0 Å². The van der Waals surface area contributed by atoms with Crippen LogP contribution in [0.3, 0.4) is 0 Å². The van der Waals surface area contributed by atoms with Crippen LogP contribution in [0.2, 0.25) is 0 Å². The van der Waals surface area contributed by atoms with Gasteiger partial charge >= 0.3 is 0 Å². The number of nitrogens with one attached hydrogen (secondary N) is 1. The Morgan fingerprint density at radius 3 is 2.82 bits per heavy atom. The predicted molar refractivity (Wildman–Crippen MR) is 105 cm³/mol. The van der Waals surface area contributed by atoms with E-state index in [4.69, 9.17) is 9.15 Å². The topological polar surface area (TPSA) is 94.6 Å². The fourth-order valence-corrected chi connectivity index (χ4v) is 2.85. The first-order chi connectivity index (χ1) is 13.5. The average Bonchev–Trinajstić information content (AvgIpc) is 3.11. The number of benzene rings is 2. The van der Waals surface area contributed by atoms with Gasteiger partial charge in [-0.3, -0.25) is 14.9 Å². The van der Waals surface area contributed by atoms with Crippen LogP contribution in [-0.4, -0.2) is 17.4 Å². The molecule has 0 saturated carbocycles. The molecule has 0 saturated heterocycles. The van der Waals surface area contributed by atoms with Gasteiger partial charge in [-0.25, -0.2) is 0 Å². The second kappa shape index (κ2) is 8.39. The Labute approximate surface area is 161 Å². The number of para-hydroxylation sites is 1. The Balaban J connectivity index is 1.63. The number of ether oxygens (including phenoxy) is 1. The molecule has 0 aliphatic heterocycles. The summed E-state index contributed by atoms with van der Waals surface area (Å²) in [6, 6.07) is 13.4. The minimum atomic E-state index is -0.474. The molecule has 0 radical (unpaired) electrons. The number of carbonyl (C=O) groups excluding carboxylic acids is 1. The lowest BCUT2D eigenvalue weighted by molar-refractivity contribution is -0.384. The van der Waals surface area contributed by atoms with E-state index in [9.17, 15) is 14.9 Å². The number of fused-ring (bicyclic) bond motifs is 1. The van der Waals surface area contributed by atoms with Crippen molar-refractivity contribution >= 4 is 22.6 Å². The van der Waals surface area contributed by atoms with Crippen LogP contribution in [-0.2, 0) is 11.2 Å². The smallest absolute Gasteiger partial charge is 0.269 e. The molecule has 2 aromatic carbocycles. The number of nitro benzene ring substituents is 1. The number of nitro groups is 1. The van der Waals surface area contributed by atoms with Crippen LogP contribution in [0.4, 0.5) is 5.69 Å². The molecule has 7 nitrogen and oxygen atoms in total. The van der Waals surface area contributed by atoms with E-state index in [-0.39, 0.29) is 24.2 Å². The van der Waals surface area contributed by atoms with Gasteiger partial charge < -0.3 is 14.5 Å². The Bertz CT molecular complexity index is 992. The number of non-ortho nitro benzene ring substituents is 1. The molecule has 0 aliphatic rings. The van der Waals surface area contributed by atoms with Gasteiger partial charge in [0.2, 0.25) is 0 Å². The summed E-state index contributed by atoms with van der Waals surface area (Å²) < 4.78 is 11.3. The third kappa shape index (κ3) is 4.37. The van der Waals surface area contributed by atoms with E-state index >= 15 is 0 Å². The monoisotopic (exact) mass is 380 g/mol. The SMILES string of the molecule is C=CCc1cc([N+](=O)[O-])ccc1OCC(=O)N[C@H](C)c1cc2ccccc2o1. The number of amides is 1. The van der Waals surface area contributed by atoms with Crippen LogP contribution in [0.25, 0.3) is 11.0 Å². The summed E-state index contributed by atoms with van der Waals surface area (Å²) in [5, 5.41) is 14.7. The number of furan rings is 1. The van der Waals surface area contributed by atoms with Gasteiger partial charge in [-0.1, -0.05) is 24.3 Å². The summed E-state index contributed by atoms with van der Waals surface area (Å²) in [5.74, 6) is 0.741. The van der Waals surface area contributed by atoms with Crippen molar-refractivity contribution in [1.82, 2.24) is 5.32 Å². The summed E-state index contributed by atoms with van der Waals surface area (Å²) in [7, 11) is 0. The van der Waals surface area contributed by atoms with Crippen LogP contribution in [0.15, 0.2) is 65.6 Å². The Hall–Kier alpha value is -3.61. The van der Waals surface area contributed by atoms with Crippen LogP contribution >= 0.6 is 0 Å². The fourth-order valence-electron chi connectivity index (χ4n) is 2.85. The molecule has 1 atom stereocenters. The third-order valence-corrected chi connectivity index (χ3v) is 4.23. The molecule has 3 aromatic rings. The maximum Gasteiger partial charge on any atom is 0.269 e. The lowest BCUT2D eigenvalue weighted by Crippen LogP contribution is -2.31. The first-order valence-electron chi connectivity index (χ1n) is 8.76.